The topological polar surface area (TPSA) is 111 Å². The van der Waals surface area contributed by atoms with Crippen LogP contribution in [0.25, 0.3) is 0 Å². The lowest BCUT2D eigenvalue weighted by Gasteiger charge is -2.26. The van der Waals surface area contributed by atoms with Gasteiger partial charge in [0.05, 0.1) is 29.1 Å². The minimum Gasteiger partial charge on any atom is -1.00 e. The van der Waals surface area contributed by atoms with Crippen LogP contribution in [-0.4, -0.2) is 54.1 Å². The average Bonchev–Trinajstić information content (AvgIpc) is 2.52. The van der Waals surface area contributed by atoms with Crippen molar-refractivity contribution in [3.63, 3.8) is 0 Å². The maximum absolute atomic E-state index is 11.0. The highest BCUT2D eigenvalue weighted by molar-refractivity contribution is 5.65. The van der Waals surface area contributed by atoms with Crippen LogP contribution in [0.1, 0.15) is 6.42 Å². The molecule has 0 spiro atoms. The molecule has 1 N–H and O–H groups in total. The Kier molecular flexibility index (Phi) is 7.66. The summed E-state index contributed by atoms with van der Waals surface area (Å²) in [6.45, 7) is 4.73. The van der Waals surface area contributed by atoms with Crippen LogP contribution >= 0.6 is 0 Å². The molecule has 9 nitrogen and oxygen atoms in total. The van der Waals surface area contributed by atoms with Crippen molar-refractivity contribution in [2.45, 2.75) is 6.42 Å². The second-order valence-corrected chi connectivity index (χ2v) is 4.95. The van der Waals surface area contributed by atoms with Crippen molar-refractivity contribution >= 4 is 17.1 Å². The highest BCUT2D eigenvalue weighted by atomic mass is 35.5. The monoisotopic (exact) mass is 345 g/mol. The smallest absolute Gasteiger partial charge is 0.299 e. The zero-order chi connectivity index (χ0) is 15.9. The van der Waals surface area contributed by atoms with E-state index in [9.17, 15) is 20.2 Å². The zero-order valence-electron chi connectivity index (χ0n) is 12.4. The average molecular weight is 346 g/mol. The summed E-state index contributed by atoms with van der Waals surface area (Å²) in [7, 11) is 0. The Morgan fingerprint density at radius 2 is 1.87 bits per heavy atom. The van der Waals surface area contributed by atoms with Gasteiger partial charge in [0.15, 0.2) is 0 Å². The van der Waals surface area contributed by atoms with E-state index >= 15 is 0 Å². The van der Waals surface area contributed by atoms with Gasteiger partial charge in [-0.2, -0.15) is 0 Å². The maximum atomic E-state index is 11.0. The number of nitro benzene ring substituents is 2. The lowest BCUT2D eigenvalue weighted by atomic mass is 10.2. The second kappa shape index (κ2) is 9.23. The standard InChI is InChI=1S/C13H18N4O5.ClH/c18-16(19)11-2-3-12(13(10-11)17(20)21)14-4-1-5-15-6-8-22-9-7-15;/h2-3,10,14H,1,4-9H2;1H/p-1. The molecule has 0 bridgehead atoms. The molecular weight excluding hydrogens is 328 g/mol. The summed E-state index contributed by atoms with van der Waals surface area (Å²) in [4.78, 5) is 22.7. The van der Waals surface area contributed by atoms with E-state index in [0.717, 1.165) is 45.3 Å². The third-order valence-electron chi connectivity index (χ3n) is 3.46. The van der Waals surface area contributed by atoms with Gasteiger partial charge in [0, 0.05) is 25.7 Å². The predicted octanol–water partition coefficient (Wildman–Crippen LogP) is -1.36. The molecule has 0 radical (unpaired) electrons. The van der Waals surface area contributed by atoms with Crippen LogP contribution in [0.5, 0.6) is 0 Å². The quantitative estimate of drug-likeness (QED) is 0.369. The molecule has 23 heavy (non-hydrogen) atoms. The van der Waals surface area contributed by atoms with Crippen LogP contribution in [0.4, 0.5) is 17.1 Å². The van der Waals surface area contributed by atoms with Gasteiger partial charge < -0.3 is 22.5 Å². The first-order chi connectivity index (χ1) is 10.6. The number of benzene rings is 1. The summed E-state index contributed by atoms with van der Waals surface area (Å²) >= 11 is 0. The van der Waals surface area contributed by atoms with Gasteiger partial charge in [-0.3, -0.25) is 25.1 Å². The van der Waals surface area contributed by atoms with Gasteiger partial charge in [-0.25, -0.2) is 0 Å². The third-order valence-corrected chi connectivity index (χ3v) is 3.46. The SMILES string of the molecule is O=[N+]([O-])c1ccc(NCCCN2CCOCC2)c([N+](=O)[O-])c1.[Cl-]. The number of hydrogen-bond donors (Lipinski definition) is 1. The number of nitro groups is 2. The first kappa shape index (κ1) is 19.1. The summed E-state index contributed by atoms with van der Waals surface area (Å²) in [5.74, 6) is 0. The molecule has 0 atom stereocenters. The fourth-order valence-electron chi connectivity index (χ4n) is 2.28. The van der Waals surface area contributed by atoms with Crippen LogP contribution in [0, 0.1) is 20.2 Å². The number of nitrogens with zero attached hydrogens (tertiary/aromatic N) is 3. The lowest BCUT2D eigenvalue weighted by Crippen LogP contribution is -3.00. The molecule has 0 saturated carbocycles. The Labute approximate surface area is 139 Å². The number of morpholine rings is 1. The van der Waals surface area contributed by atoms with Crippen LogP contribution in [0.3, 0.4) is 0 Å². The molecule has 10 heteroatoms. The zero-order valence-corrected chi connectivity index (χ0v) is 13.2. The van der Waals surface area contributed by atoms with Gasteiger partial charge in [0.2, 0.25) is 0 Å². The molecule has 0 aromatic heterocycles. The van der Waals surface area contributed by atoms with Crippen LogP contribution in [0.2, 0.25) is 0 Å². The Hall–Kier alpha value is -1.97. The van der Waals surface area contributed by atoms with E-state index in [0.29, 0.717) is 12.2 Å². The Balaban J connectivity index is 0.00000264. The van der Waals surface area contributed by atoms with Crippen molar-refractivity contribution < 1.29 is 27.0 Å². The van der Waals surface area contributed by atoms with Crippen LogP contribution < -0.4 is 17.7 Å². The van der Waals surface area contributed by atoms with E-state index < -0.39 is 9.85 Å². The molecule has 1 aromatic rings. The molecule has 0 aliphatic carbocycles. The number of hydrogen-bond acceptors (Lipinski definition) is 7. The van der Waals surface area contributed by atoms with Crippen LogP contribution in [0.15, 0.2) is 18.2 Å². The summed E-state index contributed by atoms with van der Waals surface area (Å²) in [5, 5.41) is 24.6. The van der Waals surface area contributed by atoms with Crippen molar-refractivity contribution in [1.29, 1.82) is 0 Å². The first-order valence-electron chi connectivity index (χ1n) is 7.05. The van der Waals surface area contributed by atoms with Crippen molar-refractivity contribution in [1.82, 2.24) is 4.90 Å². The Bertz CT molecular complexity index is 551. The minimum atomic E-state index is -0.644. The largest absolute Gasteiger partial charge is 1.00 e. The summed E-state index contributed by atoms with van der Waals surface area (Å²) < 4.78 is 5.26. The molecule has 1 heterocycles. The minimum absolute atomic E-state index is 0. The Morgan fingerprint density at radius 1 is 1.17 bits per heavy atom. The van der Waals surface area contributed by atoms with Gasteiger partial charge in [-0.05, 0) is 19.0 Å². The number of rotatable bonds is 7. The molecule has 2 rings (SSSR count). The summed E-state index contributed by atoms with van der Waals surface area (Å²) in [6, 6.07) is 3.62. The number of nitrogens with one attached hydrogen (secondary N) is 1. The lowest BCUT2D eigenvalue weighted by molar-refractivity contribution is -0.393. The van der Waals surface area contributed by atoms with Crippen molar-refractivity contribution in [3.8, 4) is 0 Å². The molecule has 1 aromatic carbocycles. The summed E-state index contributed by atoms with van der Waals surface area (Å²) in [5.41, 5.74) is -0.260. The van der Waals surface area contributed by atoms with Crippen molar-refractivity contribution in [2.75, 3.05) is 44.7 Å². The van der Waals surface area contributed by atoms with E-state index in [-0.39, 0.29) is 23.8 Å². The molecular formula is C13H18ClN4O5-. The molecule has 1 aliphatic rings. The van der Waals surface area contributed by atoms with Crippen molar-refractivity contribution in [3.05, 3.63) is 38.4 Å². The van der Waals surface area contributed by atoms with E-state index in [1.165, 1.54) is 12.1 Å². The number of halogens is 1. The molecule has 0 amide bonds. The normalized spacial score (nSPS) is 14.8. The van der Waals surface area contributed by atoms with Gasteiger partial charge in [-0.1, -0.05) is 0 Å². The van der Waals surface area contributed by atoms with Gasteiger partial charge >= 0.3 is 0 Å². The molecule has 1 fully saturated rings. The predicted molar refractivity (Wildman–Crippen MR) is 80.1 cm³/mol. The molecule has 1 aliphatic heterocycles. The van der Waals surface area contributed by atoms with Crippen molar-refractivity contribution in [2.24, 2.45) is 0 Å². The number of non-ortho nitro benzene ring substituents is 1. The Morgan fingerprint density at radius 3 is 2.48 bits per heavy atom. The van der Waals surface area contributed by atoms with Crippen LogP contribution in [-0.2, 0) is 4.74 Å². The van der Waals surface area contributed by atoms with Gasteiger partial charge in [0.25, 0.3) is 11.4 Å². The molecule has 128 valence electrons. The summed E-state index contributed by atoms with van der Waals surface area (Å²) in [6.07, 6.45) is 0.828. The molecule has 1 saturated heterocycles. The number of anilines is 1. The van der Waals surface area contributed by atoms with E-state index in [1.807, 2.05) is 0 Å². The van der Waals surface area contributed by atoms with E-state index in [1.54, 1.807) is 0 Å². The fourth-order valence-corrected chi connectivity index (χ4v) is 2.28. The first-order valence-corrected chi connectivity index (χ1v) is 7.05. The molecule has 0 unspecified atom stereocenters. The highest BCUT2D eigenvalue weighted by Gasteiger charge is 2.19. The maximum Gasteiger partial charge on any atom is 0.299 e. The van der Waals surface area contributed by atoms with Gasteiger partial charge in [0.1, 0.15) is 5.69 Å². The third kappa shape index (κ3) is 5.62. The van der Waals surface area contributed by atoms with E-state index in [4.69, 9.17) is 4.74 Å². The van der Waals surface area contributed by atoms with Gasteiger partial charge in [-0.15, -0.1) is 0 Å². The second-order valence-electron chi connectivity index (χ2n) is 4.95. The highest BCUT2D eigenvalue weighted by Crippen LogP contribution is 2.28. The fraction of sp³-hybridized carbons (Fsp3) is 0.538. The van der Waals surface area contributed by atoms with E-state index in [2.05, 4.69) is 10.2 Å². The number of ether oxygens (including phenoxy) is 1.